The van der Waals surface area contributed by atoms with Crippen molar-refractivity contribution in [3.8, 4) is 5.75 Å². The summed E-state index contributed by atoms with van der Waals surface area (Å²) in [7, 11) is 1.50. The molecule has 3 rings (SSSR count). The number of nitrogen functional groups attached to an aromatic ring is 1. The Hall–Kier alpha value is -3.07. The summed E-state index contributed by atoms with van der Waals surface area (Å²) in [5, 5.41) is 0. The fourth-order valence-electron chi connectivity index (χ4n) is 3.29. The van der Waals surface area contributed by atoms with E-state index in [2.05, 4.69) is 4.98 Å². The van der Waals surface area contributed by atoms with Crippen molar-refractivity contribution < 1.29 is 14.3 Å². The maximum Gasteiger partial charge on any atom is 0.330 e. The molecule has 0 bridgehead atoms. The predicted molar refractivity (Wildman–Crippen MR) is 105 cm³/mol. The summed E-state index contributed by atoms with van der Waals surface area (Å²) in [6.07, 6.45) is 0.257. The van der Waals surface area contributed by atoms with Crippen molar-refractivity contribution >= 4 is 17.4 Å². The van der Waals surface area contributed by atoms with Gasteiger partial charge < -0.3 is 15.2 Å². The van der Waals surface area contributed by atoms with Gasteiger partial charge in [0.05, 0.1) is 6.61 Å². The molecule has 3 N–H and O–H groups in total. The minimum absolute atomic E-state index is 0.0458. The number of fused-ring (bicyclic) bond motifs is 1. The number of rotatable bonds is 7. The third-order valence-electron chi connectivity index (χ3n) is 4.64. The number of hydrogen-bond donors (Lipinski definition) is 2. The highest BCUT2D eigenvalue weighted by molar-refractivity contribution is 5.99. The summed E-state index contributed by atoms with van der Waals surface area (Å²) in [5.41, 5.74) is 5.68. The monoisotopic (exact) mass is 388 g/mol. The van der Waals surface area contributed by atoms with Gasteiger partial charge in [-0.1, -0.05) is 25.1 Å². The topological polar surface area (TPSA) is 120 Å². The maximum atomic E-state index is 13.2. The number of nitrogens with two attached hydrogens (primary N) is 1. The standard InChI is InChI=1S/C19H24N4O5/c1-3-8-23-16(20)15(17(24)21-19(23)26)22(9-10-27-2)18(25)14-11-12-6-4-5-7-13(12)28-14/h4-7,14H,3,8-11,20H2,1-2H3,(H,21,24,26). The van der Waals surface area contributed by atoms with Gasteiger partial charge >= 0.3 is 5.69 Å². The van der Waals surface area contributed by atoms with Gasteiger partial charge in [-0.25, -0.2) is 4.79 Å². The first-order chi connectivity index (χ1) is 13.5. The van der Waals surface area contributed by atoms with E-state index in [1.54, 1.807) is 6.07 Å². The SMILES string of the molecule is CCCn1c(N)c(N(CCOC)C(=O)C2Cc3ccccc3O2)c(=O)[nH]c1=O. The van der Waals surface area contributed by atoms with Crippen molar-refractivity contribution in [3.05, 3.63) is 50.7 Å². The van der Waals surface area contributed by atoms with Crippen LogP contribution in [0.3, 0.4) is 0 Å². The lowest BCUT2D eigenvalue weighted by Gasteiger charge is -2.26. The summed E-state index contributed by atoms with van der Waals surface area (Å²) in [6, 6.07) is 7.40. The number of carbonyl (C=O) groups excluding carboxylic acids is 1. The van der Waals surface area contributed by atoms with Gasteiger partial charge in [-0.05, 0) is 18.1 Å². The van der Waals surface area contributed by atoms with E-state index in [4.69, 9.17) is 15.2 Å². The molecule has 1 aromatic heterocycles. The summed E-state index contributed by atoms with van der Waals surface area (Å²) in [5.74, 6) is 0.188. The summed E-state index contributed by atoms with van der Waals surface area (Å²) in [6.45, 7) is 2.50. The van der Waals surface area contributed by atoms with Gasteiger partial charge in [0.2, 0.25) is 0 Å². The number of para-hydroxylation sites is 1. The average molecular weight is 388 g/mol. The van der Waals surface area contributed by atoms with Crippen LogP contribution in [0.25, 0.3) is 0 Å². The quantitative estimate of drug-likeness (QED) is 0.713. The fourth-order valence-corrected chi connectivity index (χ4v) is 3.29. The molecule has 1 aliphatic heterocycles. The fraction of sp³-hybridized carbons (Fsp3) is 0.421. The zero-order chi connectivity index (χ0) is 20.3. The molecule has 9 nitrogen and oxygen atoms in total. The normalized spacial score (nSPS) is 15.1. The number of carbonyl (C=O) groups is 1. The lowest BCUT2D eigenvalue weighted by Crippen LogP contribution is -2.47. The van der Waals surface area contributed by atoms with Crippen LogP contribution < -0.4 is 26.6 Å². The van der Waals surface area contributed by atoms with Gasteiger partial charge in [0.15, 0.2) is 11.8 Å². The van der Waals surface area contributed by atoms with Crippen LogP contribution in [0.2, 0.25) is 0 Å². The number of methoxy groups -OCH3 is 1. The molecule has 1 aliphatic rings. The third kappa shape index (κ3) is 3.65. The molecule has 150 valence electrons. The van der Waals surface area contributed by atoms with Gasteiger partial charge in [-0.2, -0.15) is 0 Å². The molecule has 0 fully saturated rings. The number of anilines is 2. The first-order valence-corrected chi connectivity index (χ1v) is 9.15. The van der Waals surface area contributed by atoms with Gasteiger partial charge in [0.1, 0.15) is 11.6 Å². The Morgan fingerprint density at radius 1 is 1.39 bits per heavy atom. The largest absolute Gasteiger partial charge is 0.480 e. The number of aromatic amines is 1. The van der Waals surface area contributed by atoms with E-state index in [0.717, 1.165) is 5.56 Å². The van der Waals surface area contributed by atoms with E-state index >= 15 is 0 Å². The minimum Gasteiger partial charge on any atom is -0.480 e. The highest BCUT2D eigenvalue weighted by Crippen LogP contribution is 2.30. The van der Waals surface area contributed by atoms with Gasteiger partial charge in [0, 0.05) is 26.6 Å². The smallest absolute Gasteiger partial charge is 0.330 e. The molecule has 28 heavy (non-hydrogen) atoms. The van der Waals surface area contributed by atoms with Crippen LogP contribution >= 0.6 is 0 Å². The molecular formula is C19H24N4O5. The van der Waals surface area contributed by atoms with E-state index < -0.39 is 23.3 Å². The lowest BCUT2D eigenvalue weighted by molar-refractivity contribution is -0.124. The van der Waals surface area contributed by atoms with Crippen LogP contribution in [0.5, 0.6) is 5.75 Å². The molecule has 1 unspecified atom stereocenters. The van der Waals surface area contributed by atoms with E-state index in [9.17, 15) is 14.4 Å². The van der Waals surface area contributed by atoms with Crippen LogP contribution in [-0.2, 0) is 22.5 Å². The second kappa shape index (κ2) is 8.30. The molecule has 1 atom stereocenters. The van der Waals surface area contributed by atoms with E-state index in [1.807, 2.05) is 25.1 Å². The van der Waals surface area contributed by atoms with E-state index in [1.165, 1.54) is 16.6 Å². The Bertz CT molecular complexity index is 956. The predicted octanol–water partition coefficient (Wildman–Crippen LogP) is 0.512. The Labute approximate surface area is 161 Å². The minimum atomic E-state index is -0.778. The molecule has 9 heteroatoms. The van der Waals surface area contributed by atoms with Crippen molar-refractivity contribution in [3.63, 3.8) is 0 Å². The lowest BCUT2D eigenvalue weighted by atomic mass is 10.1. The van der Waals surface area contributed by atoms with Crippen molar-refractivity contribution in [2.24, 2.45) is 0 Å². The third-order valence-corrected chi connectivity index (χ3v) is 4.64. The van der Waals surface area contributed by atoms with Crippen LogP contribution in [0.4, 0.5) is 11.5 Å². The molecule has 0 spiro atoms. The maximum absolute atomic E-state index is 13.2. The number of hydrogen-bond acceptors (Lipinski definition) is 6. The van der Waals surface area contributed by atoms with Crippen molar-refractivity contribution in [2.45, 2.75) is 32.4 Å². The highest BCUT2D eigenvalue weighted by Gasteiger charge is 2.35. The zero-order valence-corrected chi connectivity index (χ0v) is 15.9. The summed E-state index contributed by atoms with van der Waals surface area (Å²) >= 11 is 0. The molecular weight excluding hydrogens is 364 g/mol. The molecule has 0 aliphatic carbocycles. The van der Waals surface area contributed by atoms with Crippen LogP contribution in [0, 0.1) is 0 Å². The number of ether oxygens (including phenoxy) is 2. The Kier molecular flexibility index (Phi) is 5.84. The Morgan fingerprint density at radius 2 is 2.14 bits per heavy atom. The molecule has 2 heterocycles. The number of amides is 1. The number of nitrogens with zero attached hydrogens (tertiary/aromatic N) is 2. The van der Waals surface area contributed by atoms with Crippen LogP contribution in [-0.4, -0.2) is 41.8 Å². The average Bonchev–Trinajstić information content (AvgIpc) is 3.11. The highest BCUT2D eigenvalue weighted by atomic mass is 16.5. The number of H-pyrrole nitrogens is 1. The molecule has 0 saturated heterocycles. The second-order valence-electron chi connectivity index (χ2n) is 6.55. The van der Waals surface area contributed by atoms with Crippen molar-refractivity contribution in [2.75, 3.05) is 30.9 Å². The summed E-state index contributed by atoms with van der Waals surface area (Å²) in [4.78, 5) is 41.4. The van der Waals surface area contributed by atoms with Crippen LogP contribution in [0.15, 0.2) is 33.9 Å². The number of benzene rings is 1. The van der Waals surface area contributed by atoms with Gasteiger partial charge in [-0.15, -0.1) is 0 Å². The van der Waals surface area contributed by atoms with Crippen LogP contribution in [0.1, 0.15) is 18.9 Å². The molecule has 2 aromatic rings. The number of aromatic nitrogens is 2. The van der Waals surface area contributed by atoms with Gasteiger partial charge in [0.25, 0.3) is 11.5 Å². The zero-order valence-electron chi connectivity index (χ0n) is 15.9. The molecule has 0 radical (unpaired) electrons. The number of nitrogens with one attached hydrogen (secondary N) is 1. The van der Waals surface area contributed by atoms with E-state index in [-0.39, 0.29) is 24.7 Å². The van der Waals surface area contributed by atoms with Gasteiger partial charge in [-0.3, -0.25) is 24.0 Å². The molecule has 1 aromatic carbocycles. The Morgan fingerprint density at radius 3 is 2.82 bits per heavy atom. The van der Waals surface area contributed by atoms with E-state index in [0.29, 0.717) is 25.1 Å². The summed E-state index contributed by atoms with van der Waals surface area (Å²) < 4.78 is 12.1. The molecule has 0 saturated carbocycles. The second-order valence-corrected chi connectivity index (χ2v) is 6.55. The van der Waals surface area contributed by atoms with Crippen molar-refractivity contribution in [1.82, 2.24) is 9.55 Å². The molecule has 1 amide bonds. The first kappa shape index (κ1) is 19.7. The first-order valence-electron chi connectivity index (χ1n) is 9.15. The Balaban J connectivity index is 2.00. The van der Waals surface area contributed by atoms with Crippen molar-refractivity contribution in [1.29, 1.82) is 0 Å².